The number of benzene rings is 3. The minimum atomic E-state index is -3.87. The third kappa shape index (κ3) is 6.88. The Hall–Kier alpha value is -4.48. The van der Waals surface area contributed by atoms with E-state index in [-0.39, 0.29) is 34.0 Å². The zero-order chi connectivity index (χ0) is 34.2. The van der Waals surface area contributed by atoms with E-state index < -0.39 is 16.0 Å². The summed E-state index contributed by atoms with van der Waals surface area (Å²) in [6.45, 7) is 8.29. The molecule has 2 fully saturated rings. The van der Waals surface area contributed by atoms with Gasteiger partial charge in [0.05, 0.1) is 29.0 Å². The zero-order valence-electron chi connectivity index (χ0n) is 28.1. The van der Waals surface area contributed by atoms with Crippen molar-refractivity contribution in [2.45, 2.75) is 82.2 Å². The highest BCUT2D eigenvalue weighted by Gasteiger charge is 2.47. The van der Waals surface area contributed by atoms with E-state index in [4.69, 9.17) is 9.84 Å². The van der Waals surface area contributed by atoms with Crippen LogP contribution in [0.25, 0.3) is 5.69 Å². The number of methoxy groups -OCH3 is 1. The maximum Gasteiger partial charge on any atom is 0.339 e. The molecule has 1 aromatic heterocycles. The summed E-state index contributed by atoms with van der Waals surface area (Å²) < 4.78 is 35.9. The summed E-state index contributed by atoms with van der Waals surface area (Å²) in [6, 6.07) is 23.4. The number of piperidine rings is 1. The number of nitrogens with zero attached hydrogens (tertiary/aromatic N) is 3. The molecule has 2 amide bonds. The summed E-state index contributed by atoms with van der Waals surface area (Å²) in [5, 5.41) is 10.7. The van der Waals surface area contributed by atoms with Crippen molar-refractivity contribution in [3.05, 3.63) is 101 Å². The second kappa shape index (κ2) is 13.2. The first-order valence-electron chi connectivity index (χ1n) is 16.4. The summed E-state index contributed by atoms with van der Waals surface area (Å²) in [6.07, 6.45) is 3.93. The molecule has 0 spiro atoms. The van der Waals surface area contributed by atoms with Crippen molar-refractivity contribution >= 4 is 33.5 Å². The molecule has 6 rings (SSSR count). The quantitative estimate of drug-likeness (QED) is 0.193. The second-order valence-corrected chi connectivity index (χ2v) is 15.7. The van der Waals surface area contributed by atoms with Crippen LogP contribution < -0.4 is 10.6 Å². The molecule has 10 nitrogen and oxygen atoms in total. The summed E-state index contributed by atoms with van der Waals surface area (Å²) in [7, 11) is -2.61. The van der Waals surface area contributed by atoms with Crippen LogP contribution in [0.1, 0.15) is 73.6 Å². The fraction of sp³-hybridized carbons (Fsp3) is 0.378. The van der Waals surface area contributed by atoms with E-state index in [1.54, 1.807) is 21.1 Å². The largest absolute Gasteiger partial charge is 0.465 e. The molecule has 2 N–H and O–H groups in total. The van der Waals surface area contributed by atoms with Crippen LogP contribution in [0.5, 0.6) is 0 Å². The summed E-state index contributed by atoms with van der Waals surface area (Å²) in [5.74, 6) is 0.246. The first-order chi connectivity index (χ1) is 22.8. The van der Waals surface area contributed by atoms with Gasteiger partial charge in [0, 0.05) is 29.3 Å². The Morgan fingerprint density at radius 1 is 0.917 bits per heavy atom. The summed E-state index contributed by atoms with van der Waals surface area (Å²) >= 11 is 0. The molecule has 0 radical (unpaired) electrons. The first-order valence-corrected chi connectivity index (χ1v) is 17.8. The van der Waals surface area contributed by atoms with Crippen molar-refractivity contribution in [3.8, 4) is 5.69 Å². The van der Waals surface area contributed by atoms with Gasteiger partial charge in [-0.15, -0.1) is 0 Å². The number of sulfonamides is 1. The van der Waals surface area contributed by atoms with Gasteiger partial charge in [0.1, 0.15) is 5.82 Å². The third-order valence-electron chi connectivity index (χ3n) is 9.35. The average molecular weight is 670 g/mol. The Morgan fingerprint density at radius 3 is 2.19 bits per heavy atom. The van der Waals surface area contributed by atoms with Crippen LogP contribution in [-0.4, -0.2) is 53.7 Å². The normalized spacial score (nSPS) is 19.6. The Kier molecular flexibility index (Phi) is 9.19. The standard InChI is InChI=1S/C37H43N5O5S/c1-24-10-16-28(17-11-24)41-34(23-33(40-41)37(2,3)4)39-36(44)38-27-14-12-25(13-15-27)20-26-21-29-18-19-30(22-26)42(29)48(45,46)32-9-7-6-8-31(32)35(43)47-5/h6-17,23,26,29-30H,18-22H2,1-5H3,(H2,38,39,44). The molecule has 2 unspecified atom stereocenters. The van der Waals surface area contributed by atoms with Crippen molar-refractivity contribution in [1.82, 2.24) is 14.1 Å². The van der Waals surface area contributed by atoms with Gasteiger partial charge in [-0.25, -0.2) is 22.7 Å². The van der Waals surface area contributed by atoms with Gasteiger partial charge in [0.15, 0.2) is 0 Å². The highest BCUT2D eigenvalue weighted by atomic mass is 32.2. The lowest BCUT2D eigenvalue weighted by atomic mass is 9.87. The maximum atomic E-state index is 13.8. The Labute approximate surface area is 282 Å². The number of urea groups is 1. The number of aromatic nitrogens is 2. The van der Waals surface area contributed by atoms with Crippen LogP contribution in [-0.2, 0) is 26.6 Å². The number of carbonyl (C=O) groups is 2. The molecule has 252 valence electrons. The number of ether oxygens (including phenoxy) is 1. The molecule has 4 aromatic rings. The lowest BCUT2D eigenvalue weighted by Gasteiger charge is -2.38. The monoisotopic (exact) mass is 669 g/mol. The molecule has 11 heteroatoms. The number of anilines is 2. The Morgan fingerprint density at radius 2 is 1.56 bits per heavy atom. The molecule has 2 aliphatic heterocycles. The molecular weight excluding hydrogens is 627 g/mol. The van der Waals surface area contributed by atoms with Gasteiger partial charge < -0.3 is 10.1 Å². The van der Waals surface area contributed by atoms with Crippen LogP contribution in [0.15, 0.2) is 83.8 Å². The number of hydrogen-bond acceptors (Lipinski definition) is 6. The van der Waals surface area contributed by atoms with E-state index in [9.17, 15) is 18.0 Å². The first kappa shape index (κ1) is 33.4. The van der Waals surface area contributed by atoms with Crippen LogP contribution in [0.3, 0.4) is 0 Å². The number of aryl methyl sites for hydroxylation is 1. The highest BCUT2D eigenvalue weighted by Crippen LogP contribution is 2.43. The number of amides is 2. The van der Waals surface area contributed by atoms with Gasteiger partial charge in [0.25, 0.3) is 0 Å². The van der Waals surface area contributed by atoms with Gasteiger partial charge >= 0.3 is 12.0 Å². The number of fused-ring (bicyclic) bond motifs is 2. The van der Waals surface area contributed by atoms with Crippen LogP contribution in [0.2, 0.25) is 0 Å². The molecule has 3 aromatic carbocycles. The topological polar surface area (TPSA) is 123 Å². The number of esters is 1. The predicted octanol–water partition coefficient (Wildman–Crippen LogP) is 7.08. The Balaban J connectivity index is 1.09. The average Bonchev–Trinajstić information content (AvgIpc) is 3.61. The number of rotatable bonds is 8. The number of hydrogen-bond donors (Lipinski definition) is 2. The SMILES string of the molecule is COC(=O)c1ccccc1S(=O)(=O)N1C2CCC1CC(Cc1ccc(NC(=O)Nc3cc(C(C)(C)C)nn3-c3ccc(C)cc3)cc1)C2. The molecule has 3 heterocycles. The highest BCUT2D eigenvalue weighted by molar-refractivity contribution is 7.89. The molecule has 48 heavy (non-hydrogen) atoms. The fourth-order valence-electron chi connectivity index (χ4n) is 6.95. The fourth-order valence-corrected chi connectivity index (χ4v) is 9.02. The summed E-state index contributed by atoms with van der Waals surface area (Å²) in [4.78, 5) is 25.5. The van der Waals surface area contributed by atoms with E-state index in [1.165, 1.54) is 19.2 Å². The summed E-state index contributed by atoms with van der Waals surface area (Å²) in [5.41, 5.74) is 4.53. The van der Waals surface area contributed by atoms with Crippen molar-refractivity contribution in [2.24, 2.45) is 5.92 Å². The van der Waals surface area contributed by atoms with Crippen molar-refractivity contribution in [2.75, 3.05) is 17.7 Å². The molecule has 2 bridgehead atoms. The van der Waals surface area contributed by atoms with Gasteiger partial charge in [-0.2, -0.15) is 9.40 Å². The zero-order valence-corrected chi connectivity index (χ0v) is 28.9. The molecule has 0 aliphatic carbocycles. The van der Waals surface area contributed by atoms with Crippen molar-refractivity contribution < 1.29 is 22.7 Å². The van der Waals surface area contributed by atoms with Crippen molar-refractivity contribution in [1.29, 1.82) is 0 Å². The molecule has 2 saturated heterocycles. The minimum absolute atomic E-state index is 0.00794. The van der Waals surface area contributed by atoms with Gasteiger partial charge in [-0.05, 0) is 86.9 Å². The second-order valence-electron chi connectivity index (χ2n) is 13.9. The minimum Gasteiger partial charge on any atom is -0.465 e. The smallest absolute Gasteiger partial charge is 0.339 e. The lowest BCUT2D eigenvalue weighted by molar-refractivity contribution is 0.0595. The van der Waals surface area contributed by atoms with E-state index in [0.29, 0.717) is 17.4 Å². The van der Waals surface area contributed by atoms with Gasteiger partial charge in [-0.3, -0.25) is 5.32 Å². The Bertz CT molecular complexity index is 1900. The van der Waals surface area contributed by atoms with Gasteiger partial charge in [-0.1, -0.05) is 62.7 Å². The van der Waals surface area contributed by atoms with Crippen LogP contribution in [0, 0.1) is 12.8 Å². The van der Waals surface area contributed by atoms with Crippen molar-refractivity contribution in [3.63, 3.8) is 0 Å². The van der Waals surface area contributed by atoms with Gasteiger partial charge in [0.2, 0.25) is 10.0 Å². The number of nitrogens with one attached hydrogen (secondary N) is 2. The maximum absolute atomic E-state index is 13.8. The third-order valence-corrected chi connectivity index (χ3v) is 11.4. The van der Waals surface area contributed by atoms with E-state index in [2.05, 4.69) is 31.4 Å². The molecule has 0 saturated carbocycles. The number of carbonyl (C=O) groups excluding carboxylic acids is 2. The lowest BCUT2D eigenvalue weighted by Crippen LogP contribution is -2.47. The van der Waals surface area contributed by atoms with Crippen LogP contribution in [0.4, 0.5) is 16.3 Å². The molecule has 2 aliphatic rings. The van der Waals surface area contributed by atoms with E-state index >= 15 is 0 Å². The van der Waals surface area contributed by atoms with Crippen LogP contribution >= 0.6 is 0 Å². The van der Waals surface area contributed by atoms with E-state index in [1.807, 2.05) is 61.5 Å². The predicted molar refractivity (Wildman–Crippen MR) is 186 cm³/mol. The molecular formula is C37H43N5O5S. The molecule has 2 atom stereocenters. The van der Waals surface area contributed by atoms with E-state index in [0.717, 1.165) is 54.6 Å².